The monoisotopic (exact) mass is 541 g/mol. The van der Waals surface area contributed by atoms with E-state index in [0.29, 0.717) is 12.0 Å². The molecule has 2 N–H and O–H groups in total. The third-order valence-corrected chi connectivity index (χ3v) is 8.00. The number of piperazine rings is 1. The van der Waals surface area contributed by atoms with Gasteiger partial charge >= 0.3 is 0 Å². The van der Waals surface area contributed by atoms with E-state index in [1.165, 1.54) is 0 Å². The molecule has 6 rings (SSSR count). The molecule has 5 nitrogen and oxygen atoms in total. The van der Waals surface area contributed by atoms with Gasteiger partial charge in [0.2, 0.25) is 0 Å². The Morgan fingerprint density at radius 1 is 0.732 bits per heavy atom. The lowest BCUT2D eigenvalue weighted by Gasteiger charge is -2.37. The summed E-state index contributed by atoms with van der Waals surface area (Å²) in [5.74, 6) is -0.109. The number of hydrogen-bond acceptors (Lipinski definition) is 4. The second-order valence-corrected chi connectivity index (χ2v) is 10.6. The zero-order chi connectivity index (χ0) is 28.0. The summed E-state index contributed by atoms with van der Waals surface area (Å²) in [4.78, 5) is 18.4. The minimum Gasteiger partial charge on any atom is -0.388 e. The van der Waals surface area contributed by atoms with E-state index >= 15 is 0 Å². The number of aliphatic hydroxyl groups is 1. The molecule has 1 saturated heterocycles. The molecule has 0 spiro atoms. The highest BCUT2D eigenvalue weighted by molar-refractivity contribution is 6.14. The molecule has 0 unspecified atom stereocenters. The first-order chi connectivity index (χ1) is 20.2. The molecule has 5 aromatic carbocycles. The summed E-state index contributed by atoms with van der Waals surface area (Å²) >= 11 is 0. The van der Waals surface area contributed by atoms with Crippen LogP contribution in [0.25, 0.3) is 21.9 Å². The van der Waals surface area contributed by atoms with E-state index in [4.69, 9.17) is 0 Å². The van der Waals surface area contributed by atoms with Gasteiger partial charge in [-0.05, 0) is 52.1 Å². The maximum absolute atomic E-state index is 13.7. The molecule has 1 aliphatic rings. The number of fused-ring (bicyclic) bond motifs is 1. The number of benzene rings is 5. The first kappa shape index (κ1) is 26.8. The summed E-state index contributed by atoms with van der Waals surface area (Å²) in [6.07, 6.45) is 0.262. The Hall–Kier alpha value is -4.45. The molecule has 1 amide bonds. The molecular weight excluding hydrogens is 506 g/mol. The Bertz CT molecular complexity index is 1610. The van der Waals surface area contributed by atoms with Gasteiger partial charge < -0.3 is 15.3 Å². The largest absolute Gasteiger partial charge is 0.388 e. The van der Waals surface area contributed by atoms with E-state index in [1.54, 1.807) is 0 Å². The zero-order valence-electron chi connectivity index (χ0n) is 23.1. The number of anilines is 2. The van der Waals surface area contributed by atoms with Gasteiger partial charge in [0.25, 0.3) is 5.91 Å². The average molecular weight is 542 g/mol. The first-order valence-corrected chi connectivity index (χ1v) is 14.3. The Morgan fingerprint density at radius 3 is 2.20 bits per heavy atom. The van der Waals surface area contributed by atoms with Crippen LogP contribution in [0.2, 0.25) is 0 Å². The van der Waals surface area contributed by atoms with Crippen LogP contribution in [0, 0.1) is 0 Å². The van der Waals surface area contributed by atoms with Crippen LogP contribution in [0.5, 0.6) is 0 Å². The van der Waals surface area contributed by atoms with Crippen LogP contribution in [-0.2, 0) is 0 Å². The van der Waals surface area contributed by atoms with Crippen molar-refractivity contribution >= 4 is 28.1 Å². The highest BCUT2D eigenvalue weighted by atomic mass is 16.3. The van der Waals surface area contributed by atoms with Gasteiger partial charge in [0.1, 0.15) is 0 Å². The van der Waals surface area contributed by atoms with Gasteiger partial charge in [0, 0.05) is 38.3 Å². The van der Waals surface area contributed by atoms with Gasteiger partial charge in [-0.25, -0.2) is 0 Å². The lowest BCUT2D eigenvalue weighted by Crippen LogP contribution is -2.47. The van der Waals surface area contributed by atoms with Crippen molar-refractivity contribution < 1.29 is 9.90 Å². The van der Waals surface area contributed by atoms with Gasteiger partial charge in [-0.1, -0.05) is 103 Å². The number of aliphatic hydroxyl groups excluding tert-OH is 1. The molecule has 206 valence electrons. The predicted octanol–water partition coefficient (Wildman–Crippen LogP) is 7.00. The SMILES string of the molecule is O=C(Nc1cc(-c2ccccc2)ccc1N1CCN(CC[C@@H](O)c2ccccc2)CC1)c1cccc2ccccc12. The van der Waals surface area contributed by atoms with Crippen molar-refractivity contribution in [2.45, 2.75) is 12.5 Å². The number of carbonyl (C=O) groups excluding carboxylic acids is 1. The second kappa shape index (κ2) is 12.4. The van der Waals surface area contributed by atoms with Crippen molar-refractivity contribution in [1.29, 1.82) is 0 Å². The van der Waals surface area contributed by atoms with Crippen molar-refractivity contribution in [2.75, 3.05) is 42.9 Å². The summed E-state index contributed by atoms with van der Waals surface area (Å²) in [6.45, 7) is 4.35. The lowest BCUT2D eigenvalue weighted by molar-refractivity contribution is 0.102. The van der Waals surface area contributed by atoms with E-state index in [-0.39, 0.29) is 5.91 Å². The van der Waals surface area contributed by atoms with Gasteiger partial charge in [-0.2, -0.15) is 0 Å². The number of nitrogens with zero attached hydrogens (tertiary/aromatic N) is 2. The summed E-state index contributed by atoms with van der Waals surface area (Å²) in [6, 6.07) is 40.4. The molecule has 5 aromatic rings. The van der Waals surface area contributed by atoms with Gasteiger partial charge in [0.05, 0.1) is 17.5 Å². The van der Waals surface area contributed by atoms with Crippen LogP contribution < -0.4 is 10.2 Å². The van der Waals surface area contributed by atoms with E-state index in [1.807, 2.05) is 91.0 Å². The van der Waals surface area contributed by atoms with Crippen LogP contribution in [0.4, 0.5) is 11.4 Å². The minimum atomic E-state index is -0.448. The fraction of sp³-hybridized carbons (Fsp3) is 0.194. The summed E-state index contributed by atoms with van der Waals surface area (Å²) in [5.41, 5.74) is 5.66. The summed E-state index contributed by atoms with van der Waals surface area (Å²) in [5, 5.41) is 15.9. The quantitative estimate of drug-likeness (QED) is 0.222. The van der Waals surface area contributed by atoms with E-state index in [2.05, 4.69) is 45.4 Å². The van der Waals surface area contributed by atoms with Crippen LogP contribution in [0.15, 0.2) is 121 Å². The molecular formula is C36H35N3O2. The van der Waals surface area contributed by atoms with Gasteiger partial charge in [-0.15, -0.1) is 0 Å². The smallest absolute Gasteiger partial charge is 0.256 e. The van der Waals surface area contributed by atoms with Crippen LogP contribution in [0.1, 0.15) is 28.4 Å². The molecule has 0 aromatic heterocycles. The Morgan fingerprint density at radius 2 is 1.41 bits per heavy atom. The topological polar surface area (TPSA) is 55.8 Å². The highest BCUT2D eigenvalue weighted by Gasteiger charge is 2.22. The third kappa shape index (κ3) is 6.17. The first-order valence-electron chi connectivity index (χ1n) is 14.3. The minimum absolute atomic E-state index is 0.109. The third-order valence-electron chi connectivity index (χ3n) is 8.00. The fourth-order valence-corrected chi connectivity index (χ4v) is 5.69. The predicted molar refractivity (Wildman–Crippen MR) is 168 cm³/mol. The second-order valence-electron chi connectivity index (χ2n) is 10.6. The maximum Gasteiger partial charge on any atom is 0.256 e. The number of carbonyl (C=O) groups is 1. The van der Waals surface area contributed by atoms with Crippen LogP contribution in [-0.4, -0.2) is 48.6 Å². The maximum atomic E-state index is 13.7. The van der Waals surface area contributed by atoms with Crippen LogP contribution >= 0.6 is 0 Å². The molecule has 1 heterocycles. The molecule has 1 fully saturated rings. The Balaban J connectivity index is 1.20. The van der Waals surface area contributed by atoms with E-state index < -0.39 is 6.10 Å². The lowest BCUT2D eigenvalue weighted by atomic mass is 10.0. The van der Waals surface area contributed by atoms with Crippen molar-refractivity contribution in [3.63, 3.8) is 0 Å². The van der Waals surface area contributed by atoms with E-state index in [9.17, 15) is 9.90 Å². The normalized spacial score (nSPS) is 14.6. The number of hydrogen-bond donors (Lipinski definition) is 2. The molecule has 0 saturated carbocycles. The van der Waals surface area contributed by atoms with Crippen molar-refractivity contribution in [3.8, 4) is 11.1 Å². The summed E-state index contributed by atoms with van der Waals surface area (Å²) < 4.78 is 0. The average Bonchev–Trinajstić information content (AvgIpc) is 3.04. The van der Waals surface area contributed by atoms with Crippen molar-refractivity contribution in [1.82, 2.24) is 4.90 Å². The van der Waals surface area contributed by atoms with Crippen molar-refractivity contribution in [3.05, 3.63) is 132 Å². The van der Waals surface area contributed by atoms with Crippen molar-refractivity contribution in [2.24, 2.45) is 0 Å². The highest BCUT2D eigenvalue weighted by Crippen LogP contribution is 2.33. The molecule has 1 atom stereocenters. The Kier molecular flexibility index (Phi) is 8.08. The summed E-state index contributed by atoms with van der Waals surface area (Å²) in [7, 11) is 0. The van der Waals surface area contributed by atoms with Gasteiger partial charge in [0.15, 0.2) is 0 Å². The standard InChI is InChI=1S/C36H35N3O2/c40-35(29-13-5-2-6-14-29)20-21-38-22-24-39(25-23-38)34-19-18-30(27-10-3-1-4-11-27)26-33(34)37-36(41)32-17-9-15-28-12-7-8-16-31(28)32/h1-19,26,35,40H,20-25H2,(H,37,41)/t35-/m1/s1. The number of rotatable bonds is 8. The van der Waals surface area contributed by atoms with Crippen LogP contribution in [0.3, 0.4) is 0 Å². The van der Waals surface area contributed by atoms with Gasteiger partial charge in [-0.3, -0.25) is 9.69 Å². The molecule has 0 aliphatic carbocycles. The molecule has 5 heteroatoms. The molecule has 41 heavy (non-hydrogen) atoms. The molecule has 0 radical (unpaired) electrons. The van der Waals surface area contributed by atoms with E-state index in [0.717, 1.165) is 71.6 Å². The zero-order valence-corrected chi connectivity index (χ0v) is 23.1. The number of nitrogens with one attached hydrogen (secondary N) is 1. The molecule has 1 aliphatic heterocycles. The Labute approximate surface area is 241 Å². The molecule has 0 bridgehead atoms. The number of amides is 1. The fourth-order valence-electron chi connectivity index (χ4n) is 5.69.